The minimum atomic E-state index is -0.637. The van der Waals surface area contributed by atoms with Crippen molar-refractivity contribution in [3.63, 3.8) is 0 Å². The summed E-state index contributed by atoms with van der Waals surface area (Å²) in [6, 6.07) is 6.98. The maximum atomic E-state index is 11.6. The van der Waals surface area contributed by atoms with Crippen LogP contribution in [0.25, 0.3) is 0 Å². The van der Waals surface area contributed by atoms with Crippen molar-refractivity contribution in [2.24, 2.45) is 5.16 Å². The molecule has 0 unspecified atom stereocenters. The Labute approximate surface area is 103 Å². The summed E-state index contributed by atoms with van der Waals surface area (Å²) in [4.78, 5) is 27.0. The summed E-state index contributed by atoms with van der Waals surface area (Å²) in [7, 11) is 0. The van der Waals surface area contributed by atoms with E-state index in [4.69, 9.17) is 11.6 Å². The van der Waals surface area contributed by atoms with Crippen LogP contribution in [0.1, 0.15) is 15.9 Å². The molecule has 1 aromatic carbocycles. The number of benzene rings is 1. The van der Waals surface area contributed by atoms with Crippen LogP contribution in [0.15, 0.2) is 41.6 Å². The highest BCUT2D eigenvalue weighted by molar-refractivity contribution is 6.26. The van der Waals surface area contributed by atoms with Gasteiger partial charge in [0.15, 0.2) is 5.78 Å². The number of ketones is 1. The van der Waals surface area contributed by atoms with Gasteiger partial charge >= 0.3 is 5.97 Å². The fourth-order valence-corrected chi connectivity index (χ4v) is 1.51. The van der Waals surface area contributed by atoms with E-state index in [9.17, 15) is 9.59 Å². The minimum Gasteiger partial charge on any atom is -0.316 e. The molecule has 5 heteroatoms. The molecule has 17 heavy (non-hydrogen) atoms. The summed E-state index contributed by atoms with van der Waals surface area (Å²) in [5, 5.41) is 3.67. The lowest BCUT2D eigenvalue weighted by Gasteiger charge is -2.10. The third kappa shape index (κ3) is 2.42. The second-order valence-corrected chi connectivity index (χ2v) is 3.58. The van der Waals surface area contributed by atoms with E-state index in [1.54, 1.807) is 24.3 Å². The molecule has 0 aliphatic heterocycles. The van der Waals surface area contributed by atoms with Crippen molar-refractivity contribution < 1.29 is 14.4 Å². The molecule has 0 fully saturated rings. The standard InChI is InChI=1S/C12H8ClNO3/c13-7-12(16)17-14-10-5-6-11(15)9-4-2-1-3-8(9)10/h1-6H,7H2/b14-10+. The number of halogens is 1. The van der Waals surface area contributed by atoms with Crippen molar-refractivity contribution in [3.8, 4) is 0 Å². The lowest BCUT2D eigenvalue weighted by atomic mass is 9.95. The molecule has 2 rings (SSSR count). The van der Waals surface area contributed by atoms with E-state index < -0.39 is 5.97 Å². The largest absolute Gasteiger partial charge is 0.349 e. The summed E-state index contributed by atoms with van der Waals surface area (Å²) >= 11 is 5.28. The molecule has 0 saturated carbocycles. The van der Waals surface area contributed by atoms with Crippen LogP contribution in [0.4, 0.5) is 0 Å². The summed E-state index contributed by atoms with van der Waals surface area (Å²) in [5.41, 5.74) is 1.61. The molecule has 0 radical (unpaired) electrons. The number of carbonyl (C=O) groups is 2. The van der Waals surface area contributed by atoms with Crippen molar-refractivity contribution in [1.82, 2.24) is 0 Å². The van der Waals surface area contributed by atoms with Crippen LogP contribution in [0, 0.1) is 0 Å². The van der Waals surface area contributed by atoms with Crippen molar-refractivity contribution in [1.29, 1.82) is 0 Å². The molecule has 0 saturated heterocycles. The van der Waals surface area contributed by atoms with Gasteiger partial charge in [0.2, 0.25) is 0 Å². The average molecular weight is 250 g/mol. The van der Waals surface area contributed by atoms with Gasteiger partial charge in [-0.3, -0.25) is 4.79 Å². The van der Waals surface area contributed by atoms with Gasteiger partial charge in [-0.05, 0) is 12.2 Å². The molecule has 0 bridgehead atoms. The van der Waals surface area contributed by atoms with Gasteiger partial charge in [-0.2, -0.15) is 0 Å². The lowest BCUT2D eigenvalue weighted by Crippen LogP contribution is -2.13. The SMILES string of the molecule is O=C(CCl)O/N=C1\C=CC(=O)c2ccccc21. The second-order valence-electron chi connectivity index (χ2n) is 3.32. The molecular weight excluding hydrogens is 242 g/mol. The molecule has 4 nitrogen and oxygen atoms in total. The Kier molecular flexibility index (Phi) is 3.35. The lowest BCUT2D eigenvalue weighted by molar-refractivity contribution is -0.140. The van der Waals surface area contributed by atoms with E-state index in [0.717, 1.165) is 0 Å². The number of alkyl halides is 1. The first-order chi connectivity index (χ1) is 8.22. The van der Waals surface area contributed by atoms with Gasteiger partial charge in [0.25, 0.3) is 0 Å². The second kappa shape index (κ2) is 4.93. The number of hydrogen-bond donors (Lipinski definition) is 0. The van der Waals surface area contributed by atoms with Crippen LogP contribution < -0.4 is 0 Å². The molecular formula is C12H8ClNO3. The van der Waals surface area contributed by atoms with E-state index >= 15 is 0 Å². The highest BCUT2D eigenvalue weighted by Gasteiger charge is 2.17. The van der Waals surface area contributed by atoms with Crippen LogP contribution in [0.2, 0.25) is 0 Å². The predicted molar refractivity (Wildman–Crippen MR) is 63.3 cm³/mol. The van der Waals surface area contributed by atoms with Gasteiger partial charge in [-0.25, -0.2) is 4.79 Å². The molecule has 1 aliphatic carbocycles. The molecule has 1 aromatic rings. The van der Waals surface area contributed by atoms with Crippen molar-refractivity contribution in [2.75, 3.05) is 5.88 Å². The molecule has 0 aromatic heterocycles. The van der Waals surface area contributed by atoms with Gasteiger partial charge in [0.05, 0.1) is 0 Å². The van der Waals surface area contributed by atoms with E-state index in [2.05, 4.69) is 9.99 Å². The zero-order valence-electron chi connectivity index (χ0n) is 8.72. The summed E-state index contributed by atoms with van der Waals surface area (Å²) in [5.74, 6) is -0.994. The average Bonchev–Trinajstić information content (AvgIpc) is 2.38. The summed E-state index contributed by atoms with van der Waals surface area (Å²) in [6.07, 6.45) is 2.89. The number of hydrogen-bond acceptors (Lipinski definition) is 4. The first-order valence-electron chi connectivity index (χ1n) is 4.88. The highest BCUT2D eigenvalue weighted by Crippen LogP contribution is 2.17. The summed E-state index contributed by atoms with van der Waals surface area (Å²) in [6.45, 7) is 0. The van der Waals surface area contributed by atoms with Crippen LogP contribution in [-0.4, -0.2) is 23.3 Å². The monoisotopic (exact) mass is 249 g/mol. The molecule has 0 amide bonds. The third-order valence-electron chi connectivity index (χ3n) is 2.22. The molecule has 0 heterocycles. The quantitative estimate of drug-likeness (QED) is 0.457. The zero-order valence-corrected chi connectivity index (χ0v) is 9.48. The minimum absolute atomic E-state index is 0.0942. The Morgan fingerprint density at radius 2 is 1.94 bits per heavy atom. The Morgan fingerprint density at radius 1 is 1.24 bits per heavy atom. The van der Waals surface area contributed by atoms with E-state index in [-0.39, 0.29) is 11.7 Å². The normalized spacial score (nSPS) is 15.8. The Bertz CT molecular complexity index is 534. The van der Waals surface area contributed by atoms with Gasteiger partial charge in [0, 0.05) is 11.1 Å². The van der Waals surface area contributed by atoms with Gasteiger partial charge in [-0.1, -0.05) is 29.4 Å². The molecule has 0 spiro atoms. The smallest absolute Gasteiger partial charge is 0.316 e. The number of fused-ring (bicyclic) bond motifs is 1. The number of rotatable bonds is 2. The van der Waals surface area contributed by atoms with Gasteiger partial charge < -0.3 is 4.84 Å². The Balaban J connectivity index is 2.34. The van der Waals surface area contributed by atoms with Crippen LogP contribution in [0.5, 0.6) is 0 Å². The van der Waals surface area contributed by atoms with Crippen LogP contribution in [0.3, 0.4) is 0 Å². The number of carbonyl (C=O) groups excluding carboxylic acids is 2. The molecule has 0 atom stereocenters. The Morgan fingerprint density at radius 3 is 2.65 bits per heavy atom. The maximum absolute atomic E-state index is 11.6. The van der Waals surface area contributed by atoms with Gasteiger partial charge in [0.1, 0.15) is 11.6 Å². The van der Waals surface area contributed by atoms with Crippen molar-refractivity contribution in [2.45, 2.75) is 0 Å². The topological polar surface area (TPSA) is 55.7 Å². The fraction of sp³-hybridized carbons (Fsp3) is 0.0833. The summed E-state index contributed by atoms with van der Waals surface area (Å²) < 4.78 is 0. The molecule has 0 N–H and O–H groups in total. The number of allylic oxidation sites excluding steroid dienone is 2. The van der Waals surface area contributed by atoms with Crippen LogP contribution >= 0.6 is 11.6 Å². The Hall–Kier alpha value is -1.94. The highest BCUT2D eigenvalue weighted by atomic mass is 35.5. The van der Waals surface area contributed by atoms with Crippen LogP contribution in [-0.2, 0) is 9.63 Å². The first-order valence-corrected chi connectivity index (χ1v) is 5.41. The van der Waals surface area contributed by atoms with E-state index in [0.29, 0.717) is 16.8 Å². The first kappa shape index (κ1) is 11.5. The predicted octanol–water partition coefficient (Wildman–Crippen LogP) is 1.93. The number of nitrogens with zero attached hydrogens (tertiary/aromatic N) is 1. The number of oxime groups is 1. The van der Waals surface area contributed by atoms with Gasteiger partial charge in [-0.15, -0.1) is 11.6 Å². The molecule has 86 valence electrons. The van der Waals surface area contributed by atoms with E-state index in [1.807, 2.05) is 0 Å². The van der Waals surface area contributed by atoms with E-state index in [1.165, 1.54) is 12.2 Å². The van der Waals surface area contributed by atoms with Crippen molar-refractivity contribution >= 4 is 29.1 Å². The fourth-order valence-electron chi connectivity index (χ4n) is 1.46. The van der Waals surface area contributed by atoms with Crippen molar-refractivity contribution in [3.05, 3.63) is 47.5 Å². The molecule has 1 aliphatic rings. The maximum Gasteiger partial charge on any atom is 0.349 e. The zero-order chi connectivity index (χ0) is 12.3. The third-order valence-corrected chi connectivity index (χ3v) is 2.43.